The first-order valence-corrected chi connectivity index (χ1v) is 8.87. The van der Waals surface area contributed by atoms with Crippen LogP contribution in [0.2, 0.25) is 5.02 Å². The number of nitrogens with one attached hydrogen (secondary N) is 1. The van der Waals surface area contributed by atoms with Gasteiger partial charge in [0.2, 0.25) is 0 Å². The van der Waals surface area contributed by atoms with Crippen LogP contribution in [0.3, 0.4) is 0 Å². The lowest BCUT2D eigenvalue weighted by Crippen LogP contribution is -2.36. The molecule has 0 bridgehead atoms. The molecule has 2 rings (SSSR count). The number of esters is 1. The van der Waals surface area contributed by atoms with Crippen LogP contribution in [0, 0.1) is 10.1 Å². The summed E-state index contributed by atoms with van der Waals surface area (Å²) in [6, 6.07) is 3.47. The van der Waals surface area contributed by atoms with Gasteiger partial charge in [-0.2, -0.15) is 0 Å². The van der Waals surface area contributed by atoms with E-state index >= 15 is 0 Å². The van der Waals surface area contributed by atoms with E-state index in [1.807, 2.05) is 0 Å². The van der Waals surface area contributed by atoms with Gasteiger partial charge in [0.25, 0.3) is 11.6 Å². The molecule has 0 radical (unpaired) electrons. The number of ether oxygens (including phenoxy) is 1. The van der Waals surface area contributed by atoms with Crippen molar-refractivity contribution >= 4 is 29.2 Å². The minimum atomic E-state index is -1.03. The Labute approximate surface area is 156 Å². The van der Waals surface area contributed by atoms with Gasteiger partial charge in [0.15, 0.2) is 6.10 Å². The summed E-state index contributed by atoms with van der Waals surface area (Å²) in [7, 11) is 0. The highest BCUT2D eigenvalue weighted by Crippen LogP contribution is 2.23. The molecule has 1 aliphatic rings. The number of amides is 1. The van der Waals surface area contributed by atoms with E-state index in [9.17, 15) is 19.7 Å². The van der Waals surface area contributed by atoms with E-state index < -0.39 is 22.9 Å². The summed E-state index contributed by atoms with van der Waals surface area (Å²) < 4.78 is 5.08. The molecule has 1 aromatic rings. The summed E-state index contributed by atoms with van der Waals surface area (Å²) in [6.07, 6.45) is 6.50. The molecule has 1 N–H and O–H groups in total. The highest BCUT2D eigenvalue weighted by Gasteiger charge is 2.22. The molecule has 1 aromatic carbocycles. The first-order valence-electron chi connectivity index (χ1n) is 8.49. The second-order valence-corrected chi connectivity index (χ2v) is 6.53. The normalized spacial score (nSPS) is 14.9. The number of halogens is 1. The topological polar surface area (TPSA) is 98.5 Å². The molecule has 7 nitrogen and oxygen atoms in total. The second-order valence-electron chi connectivity index (χ2n) is 6.12. The lowest BCUT2D eigenvalue weighted by atomic mass is 9.97. The maximum Gasteiger partial charge on any atom is 0.340 e. The summed E-state index contributed by atoms with van der Waals surface area (Å²) in [5, 5.41) is 13.6. The number of hydrogen-bond acceptors (Lipinski definition) is 5. The summed E-state index contributed by atoms with van der Waals surface area (Å²) in [5.41, 5.74) is 0.914. The van der Waals surface area contributed by atoms with E-state index in [0.717, 1.165) is 25.3 Å². The van der Waals surface area contributed by atoms with Crippen molar-refractivity contribution in [3.63, 3.8) is 0 Å². The van der Waals surface area contributed by atoms with E-state index in [0.29, 0.717) is 6.54 Å². The third kappa shape index (κ3) is 5.56. The number of allylic oxidation sites excluding steroid dienone is 1. The maximum atomic E-state index is 12.2. The van der Waals surface area contributed by atoms with Gasteiger partial charge in [-0.25, -0.2) is 4.79 Å². The third-order valence-corrected chi connectivity index (χ3v) is 4.49. The Kier molecular flexibility index (Phi) is 7.15. The monoisotopic (exact) mass is 380 g/mol. The summed E-state index contributed by atoms with van der Waals surface area (Å²) in [5.74, 6) is -1.30. The predicted octanol–water partition coefficient (Wildman–Crippen LogP) is 3.80. The molecule has 0 unspecified atom stereocenters. The molecule has 1 atom stereocenters. The van der Waals surface area contributed by atoms with Crippen LogP contribution in [0.25, 0.3) is 0 Å². The summed E-state index contributed by atoms with van der Waals surface area (Å²) in [4.78, 5) is 34.4. The number of carbonyl (C=O) groups is 2. The van der Waals surface area contributed by atoms with Gasteiger partial charge in [-0.05, 0) is 45.1 Å². The van der Waals surface area contributed by atoms with Gasteiger partial charge in [0, 0.05) is 18.7 Å². The Morgan fingerprint density at radius 3 is 2.81 bits per heavy atom. The molecular weight excluding hydrogens is 360 g/mol. The number of hydrogen-bond donors (Lipinski definition) is 1. The minimum absolute atomic E-state index is 0.0254. The minimum Gasteiger partial charge on any atom is -0.449 e. The molecule has 0 saturated heterocycles. The zero-order valence-electron chi connectivity index (χ0n) is 14.5. The van der Waals surface area contributed by atoms with Crippen molar-refractivity contribution in [2.45, 2.75) is 45.1 Å². The van der Waals surface area contributed by atoms with Gasteiger partial charge in [0.1, 0.15) is 0 Å². The van der Waals surface area contributed by atoms with Crippen molar-refractivity contribution in [1.29, 1.82) is 0 Å². The van der Waals surface area contributed by atoms with Crippen molar-refractivity contribution in [2.75, 3.05) is 6.54 Å². The molecule has 0 fully saturated rings. The van der Waals surface area contributed by atoms with Crippen LogP contribution in [0.4, 0.5) is 5.69 Å². The number of non-ortho nitro benzene ring substituents is 1. The van der Waals surface area contributed by atoms with Crippen LogP contribution in [0.1, 0.15) is 49.4 Å². The number of nitro benzene ring substituents is 1. The first kappa shape index (κ1) is 19.9. The molecule has 8 heteroatoms. The molecule has 1 aliphatic carbocycles. The summed E-state index contributed by atoms with van der Waals surface area (Å²) in [6.45, 7) is 1.92. The molecule has 1 amide bonds. The number of nitro groups is 1. The Hall–Kier alpha value is -2.41. The largest absolute Gasteiger partial charge is 0.449 e. The van der Waals surface area contributed by atoms with Crippen molar-refractivity contribution in [2.24, 2.45) is 0 Å². The Morgan fingerprint density at radius 2 is 2.15 bits per heavy atom. The molecule has 0 heterocycles. The smallest absolute Gasteiger partial charge is 0.340 e. The fourth-order valence-electron chi connectivity index (χ4n) is 2.68. The number of carbonyl (C=O) groups excluding carboxylic acids is 2. The summed E-state index contributed by atoms with van der Waals surface area (Å²) >= 11 is 5.90. The van der Waals surface area contributed by atoms with Gasteiger partial charge >= 0.3 is 5.97 Å². The fraction of sp³-hybridized carbons (Fsp3) is 0.444. The SMILES string of the molecule is C[C@H](OC(=O)c1cc([N+](=O)[O-])ccc1Cl)C(=O)NCCC1=CCCCC1. The third-order valence-electron chi connectivity index (χ3n) is 4.16. The number of nitrogens with zero attached hydrogens (tertiary/aromatic N) is 1. The van der Waals surface area contributed by atoms with E-state index in [-0.39, 0.29) is 16.3 Å². The van der Waals surface area contributed by atoms with Crippen molar-refractivity contribution in [1.82, 2.24) is 5.32 Å². The average molecular weight is 381 g/mol. The molecular formula is C18H21ClN2O5. The predicted molar refractivity (Wildman–Crippen MR) is 97.2 cm³/mol. The van der Waals surface area contributed by atoms with Crippen molar-refractivity contribution in [3.05, 3.63) is 50.5 Å². The quantitative estimate of drug-likeness (QED) is 0.335. The molecule has 26 heavy (non-hydrogen) atoms. The van der Waals surface area contributed by atoms with Crippen LogP contribution < -0.4 is 5.32 Å². The average Bonchev–Trinajstić information content (AvgIpc) is 2.62. The van der Waals surface area contributed by atoms with Gasteiger partial charge in [0.05, 0.1) is 15.5 Å². The molecule has 140 valence electrons. The second kappa shape index (κ2) is 9.33. The van der Waals surface area contributed by atoms with E-state index in [2.05, 4.69) is 11.4 Å². The lowest BCUT2D eigenvalue weighted by Gasteiger charge is -2.16. The zero-order chi connectivity index (χ0) is 19.1. The number of rotatable bonds is 7. The zero-order valence-corrected chi connectivity index (χ0v) is 15.3. The van der Waals surface area contributed by atoms with Crippen LogP contribution in [-0.4, -0.2) is 29.4 Å². The Bertz CT molecular complexity index is 732. The molecule has 0 aromatic heterocycles. The van der Waals surface area contributed by atoms with E-state index in [1.54, 1.807) is 0 Å². The van der Waals surface area contributed by atoms with Crippen molar-refractivity contribution in [3.8, 4) is 0 Å². The Balaban J connectivity index is 1.87. The van der Waals surface area contributed by atoms with Gasteiger partial charge < -0.3 is 10.1 Å². The molecule has 0 aliphatic heterocycles. The maximum absolute atomic E-state index is 12.2. The first-order chi connectivity index (χ1) is 12.4. The van der Waals surface area contributed by atoms with Gasteiger partial charge in [-0.1, -0.05) is 23.3 Å². The fourth-order valence-corrected chi connectivity index (χ4v) is 2.88. The van der Waals surface area contributed by atoms with Crippen LogP contribution in [-0.2, 0) is 9.53 Å². The van der Waals surface area contributed by atoms with E-state index in [4.69, 9.17) is 16.3 Å². The molecule has 0 spiro atoms. The number of benzene rings is 1. The molecule has 0 saturated carbocycles. The van der Waals surface area contributed by atoms with Crippen LogP contribution in [0.15, 0.2) is 29.8 Å². The highest BCUT2D eigenvalue weighted by molar-refractivity contribution is 6.33. The highest BCUT2D eigenvalue weighted by atomic mass is 35.5. The Morgan fingerprint density at radius 1 is 1.38 bits per heavy atom. The van der Waals surface area contributed by atoms with Crippen molar-refractivity contribution < 1.29 is 19.2 Å². The van der Waals surface area contributed by atoms with Gasteiger partial charge in [-0.15, -0.1) is 0 Å². The van der Waals surface area contributed by atoms with Crippen LogP contribution in [0.5, 0.6) is 0 Å². The van der Waals surface area contributed by atoms with Crippen LogP contribution >= 0.6 is 11.6 Å². The standard InChI is InChI=1S/C18H21ClN2O5/c1-12(17(22)20-10-9-13-5-3-2-4-6-13)26-18(23)15-11-14(21(24)25)7-8-16(15)19/h5,7-8,11-12H,2-4,6,9-10H2,1H3,(H,20,22)/t12-/m0/s1. The lowest BCUT2D eigenvalue weighted by molar-refractivity contribution is -0.384. The van der Waals surface area contributed by atoms with Gasteiger partial charge in [-0.3, -0.25) is 14.9 Å². The van der Waals surface area contributed by atoms with E-state index in [1.165, 1.54) is 37.5 Å².